The Labute approximate surface area is 253 Å². The van der Waals surface area contributed by atoms with Crippen LogP contribution in [0.3, 0.4) is 0 Å². The summed E-state index contributed by atoms with van der Waals surface area (Å²) in [5.41, 5.74) is 3.70. The zero-order chi connectivity index (χ0) is 31.7. The van der Waals surface area contributed by atoms with Crippen molar-refractivity contribution in [3.8, 4) is 11.5 Å². The molecule has 0 saturated heterocycles. The van der Waals surface area contributed by atoms with Gasteiger partial charge in [0, 0.05) is 22.3 Å². The zero-order valence-corrected chi connectivity index (χ0v) is 26.4. The Morgan fingerprint density at radius 1 is 0.884 bits per heavy atom. The molecule has 2 N–H and O–H groups in total. The molecule has 0 amide bonds. The van der Waals surface area contributed by atoms with E-state index in [1.165, 1.54) is 0 Å². The standard InChI is InChI=1S/C35H43N3O5/c1-9-42-32(41)22(2)43-30-17-13-10-14-23(30)20-37-27-15-11-12-16-28(27)38(33(37)36)21-29(39)24-18-25(34(3,4)5)31(40)26(19-24)35(6,7)8/h10-19,22,36,40H,9,20-21H2,1-8H3. The first-order valence-corrected chi connectivity index (χ1v) is 14.7. The molecule has 43 heavy (non-hydrogen) atoms. The van der Waals surface area contributed by atoms with Crippen LogP contribution in [0.2, 0.25) is 0 Å². The molecule has 0 fully saturated rings. The van der Waals surface area contributed by atoms with Crippen molar-refractivity contribution in [3.05, 3.63) is 88.5 Å². The van der Waals surface area contributed by atoms with Crippen LogP contribution >= 0.6 is 0 Å². The van der Waals surface area contributed by atoms with E-state index in [0.717, 1.165) is 27.7 Å². The summed E-state index contributed by atoms with van der Waals surface area (Å²) in [4.78, 5) is 26.1. The number of imidazole rings is 1. The Kier molecular flexibility index (Phi) is 8.90. The van der Waals surface area contributed by atoms with Crippen molar-refractivity contribution in [3.63, 3.8) is 0 Å². The number of ether oxygens (including phenoxy) is 2. The molecule has 0 bridgehead atoms. The van der Waals surface area contributed by atoms with Crippen molar-refractivity contribution >= 4 is 22.8 Å². The number of esters is 1. The number of benzene rings is 3. The minimum atomic E-state index is -0.790. The molecular weight excluding hydrogens is 542 g/mol. The zero-order valence-electron chi connectivity index (χ0n) is 26.4. The van der Waals surface area contributed by atoms with Crippen LogP contribution in [-0.4, -0.2) is 38.7 Å². The Hall–Kier alpha value is -4.33. The third kappa shape index (κ3) is 6.69. The van der Waals surface area contributed by atoms with Gasteiger partial charge in [-0.2, -0.15) is 0 Å². The molecule has 8 heteroatoms. The minimum absolute atomic E-state index is 0.0394. The van der Waals surface area contributed by atoms with E-state index in [2.05, 4.69) is 0 Å². The minimum Gasteiger partial charge on any atom is -0.507 e. The highest BCUT2D eigenvalue weighted by Crippen LogP contribution is 2.40. The number of nitrogens with one attached hydrogen (secondary N) is 1. The van der Waals surface area contributed by atoms with Crippen LogP contribution in [0.25, 0.3) is 11.0 Å². The summed E-state index contributed by atoms with van der Waals surface area (Å²) >= 11 is 0. The molecule has 0 radical (unpaired) electrons. The van der Waals surface area contributed by atoms with Gasteiger partial charge >= 0.3 is 5.97 Å². The second-order valence-electron chi connectivity index (χ2n) is 12.9. The first-order chi connectivity index (χ1) is 20.1. The van der Waals surface area contributed by atoms with E-state index >= 15 is 0 Å². The SMILES string of the molecule is CCOC(=O)C(C)Oc1ccccc1Cn1c(=N)n(CC(=O)c2cc(C(C)(C)C)c(O)c(C(C)(C)C)c2)c2ccccc21. The van der Waals surface area contributed by atoms with Gasteiger partial charge < -0.3 is 23.7 Å². The fourth-order valence-corrected chi connectivity index (χ4v) is 5.21. The first kappa shape index (κ1) is 31.6. The summed E-state index contributed by atoms with van der Waals surface area (Å²) in [5.74, 6) is 0.153. The number of para-hydroxylation sites is 3. The molecule has 1 atom stereocenters. The maximum Gasteiger partial charge on any atom is 0.347 e. The van der Waals surface area contributed by atoms with E-state index < -0.39 is 12.1 Å². The van der Waals surface area contributed by atoms with Gasteiger partial charge in [-0.25, -0.2) is 4.79 Å². The maximum absolute atomic E-state index is 13.9. The third-order valence-electron chi connectivity index (χ3n) is 7.55. The number of ketones is 1. The van der Waals surface area contributed by atoms with Crippen LogP contribution in [0.5, 0.6) is 11.5 Å². The molecule has 0 spiro atoms. The van der Waals surface area contributed by atoms with Gasteiger partial charge in [-0.15, -0.1) is 0 Å². The molecule has 1 unspecified atom stereocenters. The van der Waals surface area contributed by atoms with Crippen molar-refractivity contribution in [1.82, 2.24) is 9.13 Å². The summed E-state index contributed by atoms with van der Waals surface area (Å²) in [6.07, 6.45) is -0.790. The van der Waals surface area contributed by atoms with Gasteiger partial charge in [0.1, 0.15) is 11.5 Å². The average molecular weight is 586 g/mol. The fourth-order valence-electron chi connectivity index (χ4n) is 5.21. The van der Waals surface area contributed by atoms with Crippen LogP contribution in [0.4, 0.5) is 0 Å². The number of nitrogens with zero attached hydrogens (tertiary/aromatic N) is 2. The number of hydrogen-bond donors (Lipinski definition) is 2. The van der Waals surface area contributed by atoms with Crippen LogP contribution in [-0.2, 0) is 33.5 Å². The Bertz CT molecular complexity index is 1680. The lowest BCUT2D eigenvalue weighted by atomic mass is 9.78. The Morgan fingerprint density at radius 2 is 1.42 bits per heavy atom. The third-order valence-corrected chi connectivity index (χ3v) is 7.55. The molecule has 1 heterocycles. The lowest BCUT2D eigenvalue weighted by Gasteiger charge is -2.28. The summed E-state index contributed by atoms with van der Waals surface area (Å²) in [5, 5.41) is 20.3. The number of phenolic OH excluding ortho intramolecular Hbond substituents is 1. The highest BCUT2D eigenvalue weighted by molar-refractivity contribution is 5.97. The predicted molar refractivity (Wildman–Crippen MR) is 168 cm³/mol. The maximum atomic E-state index is 13.9. The van der Waals surface area contributed by atoms with Crippen molar-refractivity contribution in [1.29, 1.82) is 5.41 Å². The van der Waals surface area contributed by atoms with E-state index in [9.17, 15) is 14.7 Å². The van der Waals surface area contributed by atoms with E-state index in [-0.39, 0.29) is 41.1 Å². The second-order valence-corrected chi connectivity index (χ2v) is 12.9. The Balaban J connectivity index is 1.74. The molecular formula is C35H43N3O5. The number of phenols is 1. The van der Waals surface area contributed by atoms with Gasteiger partial charge in [-0.3, -0.25) is 10.2 Å². The van der Waals surface area contributed by atoms with Crippen LogP contribution in [0.15, 0.2) is 60.7 Å². The van der Waals surface area contributed by atoms with Crippen molar-refractivity contribution in [2.24, 2.45) is 0 Å². The highest BCUT2D eigenvalue weighted by Gasteiger charge is 2.28. The molecule has 3 aromatic carbocycles. The fraction of sp³-hybridized carbons (Fsp3) is 0.400. The molecule has 4 aromatic rings. The van der Waals surface area contributed by atoms with E-state index in [1.807, 2.05) is 88.6 Å². The average Bonchev–Trinajstić information content (AvgIpc) is 3.19. The normalized spacial score (nSPS) is 12.7. The van der Waals surface area contributed by atoms with Gasteiger partial charge in [-0.05, 0) is 55.0 Å². The molecule has 4 rings (SSSR count). The number of rotatable bonds is 9. The van der Waals surface area contributed by atoms with Crippen molar-refractivity contribution < 1.29 is 24.2 Å². The summed E-state index contributed by atoms with van der Waals surface area (Å²) in [7, 11) is 0. The molecule has 8 nitrogen and oxygen atoms in total. The lowest BCUT2D eigenvalue weighted by molar-refractivity contribution is -0.150. The number of aromatic hydroxyl groups is 1. The highest BCUT2D eigenvalue weighted by atomic mass is 16.6. The largest absolute Gasteiger partial charge is 0.507 e. The molecule has 0 saturated carbocycles. The number of hydrogen-bond acceptors (Lipinski definition) is 6. The summed E-state index contributed by atoms with van der Waals surface area (Å²) in [6, 6.07) is 18.6. The van der Waals surface area contributed by atoms with E-state index in [1.54, 1.807) is 36.6 Å². The first-order valence-electron chi connectivity index (χ1n) is 14.7. The van der Waals surface area contributed by atoms with Crippen LogP contribution in [0, 0.1) is 5.41 Å². The molecule has 1 aromatic heterocycles. The van der Waals surface area contributed by atoms with Crippen LogP contribution in [0.1, 0.15) is 82.4 Å². The summed E-state index contributed by atoms with van der Waals surface area (Å²) < 4.78 is 14.6. The quantitative estimate of drug-likeness (QED) is 0.173. The smallest absolute Gasteiger partial charge is 0.347 e. The van der Waals surface area contributed by atoms with E-state index in [0.29, 0.717) is 17.9 Å². The summed E-state index contributed by atoms with van der Waals surface area (Å²) in [6.45, 7) is 16.0. The predicted octanol–water partition coefficient (Wildman–Crippen LogP) is 6.48. The van der Waals surface area contributed by atoms with Gasteiger partial charge in [-0.1, -0.05) is 71.9 Å². The van der Waals surface area contributed by atoms with Gasteiger partial charge in [0.05, 0.1) is 30.7 Å². The van der Waals surface area contributed by atoms with Gasteiger partial charge in [0.2, 0.25) is 5.62 Å². The second kappa shape index (κ2) is 12.1. The van der Waals surface area contributed by atoms with Crippen LogP contribution < -0.4 is 10.4 Å². The molecule has 0 aliphatic heterocycles. The number of carbonyl (C=O) groups is 2. The molecule has 0 aliphatic carbocycles. The number of aromatic nitrogens is 2. The number of carbonyl (C=O) groups excluding carboxylic acids is 2. The number of fused-ring (bicyclic) bond motifs is 1. The lowest BCUT2D eigenvalue weighted by Crippen LogP contribution is -2.29. The molecule has 0 aliphatic rings. The van der Waals surface area contributed by atoms with Gasteiger partial charge in [0.15, 0.2) is 11.9 Å². The van der Waals surface area contributed by atoms with E-state index in [4.69, 9.17) is 14.9 Å². The van der Waals surface area contributed by atoms with Gasteiger partial charge in [0.25, 0.3) is 0 Å². The molecule has 228 valence electrons. The number of Topliss-reactive ketones (excluding diaryl/α,β-unsaturated/α-hetero) is 1. The monoisotopic (exact) mass is 585 g/mol. The van der Waals surface area contributed by atoms with Crippen molar-refractivity contribution in [2.75, 3.05) is 6.61 Å². The topological polar surface area (TPSA) is 107 Å². The Morgan fingerprint density at radius 3 is 1.98 bits per heavy atom. The van der Waals surface area contributed by atoms with Crippen molar-refractivity contribution in [2.45, 2.75) is 85.4 Å².